The van der Waals surface area contributed by atoms with Crippen LogP contribution in [0, 0.1) is 5.41 Å². The van der Waals surface area contributed by atoms with Crippen LogP contribution >= 0.6 is 23.2 Å². The Bertz CT molecular complexity index is 368. The molecule has 0 unspecified atom stereocenters. The number of carbonyl (C=O) groups is 1. The molecular formula is C8H3Cl2NO2. The Hall–Kier alpha value is -1.15. The lowest BCUT2D eigenvalue weighted by Gasteiger charge is -1.92. The summed E-state index contributed by atoms with van der Waals surface area (Å²) in [5.41, 5.74) is 1.06. The molecule has 1 N–H and O–H groups in total. The summed E-state index contributed by atoms with van der Waals surface area (Å²) in [6.45, 7) is 0. The van der Waals surface area contributed by atoms with Crippen molar-refractivity contribution >= 4 is 35.1 Å². The molecule has 66 valence electrons. The average molecular weight is 216 g/mol. The van der Waals surface area contributed by atoms with Gasteiger partial charge < -0.3 is 0 Å². The molecule has 0 spiro atoms. The van der Waals surface area contributed by atoms with Gasteiger partial charge in [0.15, 0.2) is 5.78 Å². The third-order valence-electron chi connectivity index (χ3n) is 1.57. The maximum absolute atomic E-state index is 11.0. The Labute approximate surface area is 83.8 Å². The summed E-state index contributed by atoms with van der Waals surface area (Å²) in [5, 5.41) is 6.19. The minimum absolute atomic E-state index is 0.0463. The highest BCUT2D eigenvalue weighted by Crippen LogP contribution is 2.40. The van der Waals surface area contributed by atoms with Gasteiger partial charge in [-0.15, -0.1) is 0 Å². The number of isocyanates is 1. The number of nitrogens with one attached hydrogen (secondary N) is 1. The van der Waals surface area contributed by atoms with Crippen molar-refractivity contribution in [3.05, 3.63) is 33.4 Å². The van der Waals surface area contributed by atoms with Crippen molar-refractivity contribution in [2.24, 2.45) is 0 Å². The third-order valence-corrected chi connectivity index (χ3v) is 2.45. The van der Waals surface area contributed by atoms with E-state index in [2.05, 4.69) is 0 Å². The zero-order valence-corrected chi connectivity index (χ0v) is 7.74. The van der Waals surface area contributed by atoms with E-state index in [0.29, 0.717) is 21.2 Å². The van der Waals surface area contributed by atoms with Gasteiger partial charge in [0.1, 0.15) is 0 Å². The van der Waals surface area contributed by atoms with Gasteiger partial charge in [0, 0.05) is 11.1 Å². The van der Waals surface area contributed by atoms with Gasteiger partial charge in [-0.05, 0) is 12.2 Å². The van der Waals surface area contributed by atoms with E-state index < -0.39 is 0 Å². The van der Waals surface area contributed by atoms with E-state index in [-0.39, 0.29) is 5.78 Å². The molecule has 0 saturated heterocycles. The Morgan fingerprint density at radius 1 is 1.15 bits per heavy atom. The summed E-state index contributed by atoms with van der Waals surface area (Å²) in [6.07, 6.45) is 4.12. The van der Waals surface area contributed by atoms with E-state index in [1.807, 2.05) is 0 Å². The van der Waals surface area contributed by atoms with Crippen LogP contribution in [0.15, 0.2) is 33.4 Å². The topological polar surface area (TPSA) is 58.0 Å². The summed E-state index contributed by atoms with van der Waals surface area (Å²) in [7, 11) is 0. The maximum atomic E-state index is 11.0. The van der Waals surface area contributed by atoms with Crippen molar-refractivity contribution in [2.75, 3.05) is 0 Å². The fourth-order valence-electron chi connectivity index (χ4n) is 1.05. The molecule has 5 heteroatoms. The van der Waals surface area contributed by atoms with Gasteiger partial charge in [0.25, 0.3) is 0 Å². The van der Waals surface area contributed by atoms with Crippen molar-refractivity contribution < 1.29 is 9.59 Å². The Morgan fingerprint density at radius 2 is 1.46 bits per heavy atom. The molecule has 13 heavy (non-hydrogen) atoms. The van der Waals surface area contributed by atoms with E-state index in [4.69, 9.17) is 33.4 Å². The predicted molar refractivity (Wildman–Crippen MR) is 48.3 cm³/mol. The van der Waals surface area contributed by atoms with Crippen LogP contribution < -0.4 is 0 Å². The number of hydrogen-bond acceptors (Lipinski definition) is 3. The van der Waals surface area contributed by atoms with E-state index in [1.54, 1.807) is 12.2 Å². The van der Waals surface area contributed by atoms with Crippen LogP contribution in [0.25, 0.3) is 0 Å². The second-order valence-electron chi connectivity index (χ2n) is 2.22. The number of carbonyl (C=O) groups excluding carboxylic acids is 2. The Kier molecular flexibility index (Phi) is 2.83. The molecule has 3 nitrogen and oxygen atoms in total. The quantitative estimate of drug-likeness (QED) is 0.497. The highest BCUT2D eigenvalue weighted by atomic mass is 35.5. The van der Waals surface area contributed by atoms with Crippen LogP contribution in [0.1, 0.15) is 0 Å². The molecule has 2 aliphatic rings. The number of halogens is 2. The van der Waals surface area contributed by atoms with Crippen molar-refractivity contribution in [1.29, 1.82) is 5.41 Å². The standard InChI is InChI=1S/C7H2Cl2O.CHNO/c8-5-3-1-2-4(6(5)9)7(3)10;2-1-3/h1-2H;2H. The van der Waals surface area contributed by atoms with Crippen molar-refractivity contribution in [3.8, 4) is 0 Å². The summed E-state index contributed by atoms with van der Waals surface area (Å²) < 4.78 is 0. The van der Waals surface area contributed by atoms with E-state index in [9.17, 15) is 4.79 Å². The normalized spacial score (nSPS) is 17.5. The fraction of sp³-hybridized carbons (Fsp3) is 0. The van der Waals surface area contributed by atoms with Crippen LogP contribution in [-0.4, -0.2) is 11.9 Å². The van der Waals surface area contributed by atoms with Gasteiger partial charge >= 0.3 is 0 Å². The molecule has 0 amide bonds. The number of allylic oxidation sites excluding steroid dienone is 6. The average Bonchev–Trinajstić information content (AvgIpc) is 2.53. The first kappa shape index (κ1) is 9.93. The predicted octanol–water partition coefficient (Wildman–Crippen LogP) is 2.03. The molecule has 0 saturated carbocycles. The van der Waals surface area contributed by atoms with Crippen molar-refractivity contribution in [1.82, 2.24) is 0 Å². The van der Waals surface area contributed by atoms with Crippen LogP contribution in [-0.2, 0) is 9.59 Å². The molecule has 0 radical (unpaired) electrons. The first-order valence-corrected chi connectivity index (χ1v) is 3.95. The molecule has 2 bridgehead atoms. The highest BCUT2D eigenvalue weighted by molar-refractivity contribution is 6.50. The first-order chi connectivity index (χ1) is 6.13. The molecule has 0 atom stereocenters. The molecule has 0 heterocycles. The van der Waals surface area contributed by atoms with Crippen LogP contribution in [0.5, 0.6) is 0 Å². The second-order valence-corrected chi connectivity index (χ2v) is 2.98. The van der Waals surface area contributed by atoms with Crippen LogP contribution in [0.3, 0.4) is 0 Å². The van der Waals surface area contributed by atoms with Gasteiger partial charge in [-0.25, -0.2) is 10.2 Å². The summed E-state index contributed by atoms with van der Waals surface area (Å²) in [6, 6.07) is 0. The monoisotopic (exact) mass is 215 g/mol. The molecule has 2 rings (SSSR count). The van der Waals surface area contributed by atoms with E-state index >= 15 is 0 Å². The minimum atomic E-state index is -0.0463. The fourth-order valence-corrected chi connectivity index (χ4v) is 1.55. The van der Waals surface area contributed by atoms with E-state index in [1.165, 1.54) is 0 Å². The molecule has 2 aliphatic carbocycles. The third kappa shape index (κ3) is 1.49. The second kappa shape index (κ2) is 3.71. The molecule has 0 aromatic heterocycles. The first-order valence-electron chi connectivity index (χ1n) is 3.20. The zero-order chi connectivity index (χ0) is 10.0. The summed E-state index contributed by atoms with van der Waals surface area (Å²) in [4.78, 5) is 19.4. The Balaban J connectivity index is 0.000000251. The van der Waals surface area contributed by atoms with Gasteiger partial charge in [-0.1, -0.05) is 23.2 Å². The van der Waals surface area contributed by atoms with Gasteiger partial charge in [0.2, 0.25) is 6.08 Å². The lowest BCUT2D eigenvalue weighted by molar-refractivity contribution is -0.111. The largest absolute Gasteiger partial charge is 0.288 e. The number of fused-ring (bicyclic) bond motifs is 2. The highest BCUT2D eigenvalue weighted by Gasteiger charge is 2.31. The number of rotatable bonds is 0. The van der Waals surface area contributed by atoms with Crippen molar-refractivity contribution in [3.63, 3.8) is 0 Å². The molecule has 0 aliphatic heterocycles. The number of ketones is 1. The minimum Gasteiger partial charge on any atom is -0.288 e. The van der Waals surface area contributed by atoms with E-state index in [0.717, 1.165) is 6.08 Å². The van der Waals surface area contributed by atoms with Gasteiger partial charge in [-0.2, -0.15) is 0 Å². The zero-order valence-electron chi connectivity index (χ0n) is 6.23. The van der Waals surface area contributed by atoms with Gasteiger partial charge in [0.05, 0.1) is 10.1 Å². The number of Topliss-reactive ketones (excluding diaryl/α,β-unsaturated/α-hetero) is 1. The lowest BCUT2D eigenvalue weighted by atomic mass is 10.2. The maximum Gasteiger partial charge on any atom is 0.231 e. The SMILES string of the molecule is N=C=O.O=C1C2=C(Cl)C(Cl)=C1C=C2. The Morgan fingerprint density at radius 3 is 1.62 bits per heavy atom. The lowest BCUT2D eigenvalue weighted by Crippen LogP contribution is -1.90. The molecule has 0 aromatic rings. The smallest absolute Gasteiger partial charge is 0.231 e. The van der Waals surface area contributed by atoms with Gasteiger partial charge in [-0.3, -0.25) is 4.79 Å². The summed E-state index contributed by atoms with van der Waals surface area (Å²) >= 11 is 11.3. The number of hydrogen-bond donors (Lipinski definition) is 1. The van der Waals surface area contributed by atoms with Crippen LogP contribution in [0.4, 0.5) is 0 Å². The van der Waals surface area contributed by atoms with Crippen molar-refractivity contribution in [2.45, 2.75) is 0 Å². The molecule has 0 fully saturated rings. The summed E-state index contributed by atoms with van der Waals surface area (Å²) in [5.74, 6) is -0.0463. The van der Waals surface area contributed by atoms with Crippen LogP contribution in [0.2, 0.25) is 0 Å². The molecular weight excluding hydrogens is 213 g/mol. The molecule has 0 aromatic carbocycles.